The molecule has 0 saturated carbocycles. The van der Waals surface area contributed by atoms with Crippen LogP contribution in [-0.4, -0.2) is 67.9 Å². The number of hydrogen-bond donors (Lipinski definition) is 3. The van der Waals surface area contributed by atoms with Gasteiger partial charge in [-0.05, 0) is 0 Å². The molecule has 0 aliphatic heterocycles. The number of hydrogen-bond acceptors (Lipinski definition) is 3. The van der Waals surface area contributed by atoms with E-state index in [0.717, 1.165) is 0 Å². The van der Waals surface area contributed by atoms with Crippen LogP contribution in [0.5, 0.6) is 0 Å². The van der Waals surface area contributed by atoms with Crippen molar-refractivity contribution in [2.75, 3.05) is 0 Å². The third-order valence-electron chi connectivity index (χ3n) is 0. The van der Waals surface area contributed by atoms with Crippen molar-refractivity contribution in [2.45, 2.75) is 0 Å². The summed E-state index contributed by atoms with van der Waals surface area (Å²) in [5.41, 5.74) is 0. The summed E-state index contributed by atoms with van der Waals surface area (Å²) in [4.78, 5) is 0. The van der Waals surface area contributed by atoms with Crippen molar-refractivity contribution in [3.63, 3.8) is 0 Å². The van der Waals surface area contributed by atoms with Crippen LogP contribution in [0.3, 0.4) is 0 Å². The Kier molecular flexibility index (Phi) is 52.4. The molecule has 3 nitrogen and oxygen atoms in total. The van der Waals surface area contributed by atoms with E-state index in [2.05, 4.69) is 0 Å². The van der Waals surface area contributed by atoms with Crippen LogP contribution in [0.4, 0.5) is 0 Å². The van der Waals surface area contributed by atoms with Crippen molar-refractivity contribution in [2.24, 2.45) is 0 Å². The first-order valence-corrected chi connectivity index (χ1v) is 0.775. The van der Waals surface area contributed by atoms with E-state index in [4.69, 9.17) is 15.1 Å². The Balaban J connectivity index is -0.00000000450. The fraction of sp³-hybridized carbons (Fsp3) is 0. The van der Waals surface area contributed by atoms with Gasteiger partial charge in [0.25, 0.3) is 0 Å². The first-order chi connectivity index (χ1) is 1.73. The van der Waals surface area contributed by atoms with Crippen LogP contribution in [0.2, 0.25) is 0 Å². The van der Waals surface area contributed by atoms with Gasteiger partial charge in [0, 0.05) is 68.3 Å². The van der Waals surface area contributed by atoms with Crippen LogP contribution in [0.25, 0.3) is 0 Å². The predicted octanol–water partition coefficient (Wildman–Crippen LogP) is -2.21. The van der Waals surface area contributed by atoms with E-state index in [1.807, 2.05) is 0 Å². The summed E-state index contributed by atoms with van der Waals surface area (Å²) < 4.78 is 0. The standard InChI is InChI=1S/BH3O3.La.Sr.Y.2H/c2-1(3)4;;;;;/h2-4H;;;;;/q;;+2;;2*-1. The second kappa shape index (κ2) is 16.4. The van der Waals surface area contributed by atoms with E-state index in [1.54, 1.807) is 0 Å². The predicted molar refractivity (Wildman–Crippen MR) is 20.4 cm³/mol. The van der Waals surface area contributed by atoms with Gasteiger partial charge < -0.3 is 17.9 Å². The Bertz CT molecular complexity index is 26.5. The van der Waals surface area contributed by atoms with Crippen LogP contribution < -0.4 is 0 Å². The fourth-order valence-electron chi connectivity index (χ4n) is 0. The van der Waals surface area contributed by atoms with E-state index in [-0.39, 0.29) is 117 Å². The zero-order chi connectivity index (χ0) is 3.58. The molecule has 0 fully saturated rings. The SMILES string of the molecule is OB(O)O.[H-].[H-].[La].[Sr+2].[Y]. The summed E-state index contributed by atoms with van der Waals surface area (Å²) in [5, 5.41) is 21.5. The maximum absolute atomic E-state index is 7.17. The first-order valence-electron chi connectivity index (χ1n) is 0.775. The average Bonchev–Trinajstić information content (AvgIpc) is 0.811. The molecule has 0 heterocycles. The molecule has 0 saturated heterocycles. The van der Waals surface area contributed by atoms with Crippen LogP contribution in [0, 0.1) is 35.6 Å². The van der Waals surface area contributed by atoms with Crippen molar-refractivity contribution in [1.82, 2.24) is 0 Å². The van der Waals surface area contributed by atoms with E-state index in [1.165, 1.54) is 0 Å². The fourth-order valence-corrected chi connectivity index (χ4v) is 0. The van der Waals surface area contributed by atoms with E-state index in [9.17, 15) is 0 Å². The molecule has 0 spiro atoms. The Hall–Kier alpha value is 3.72. The first kappa shape index (κ1) is 22.4. The molecule has 7 heteroatoms. The van der Waals surface area contributed by atoms with Gasteiger partial charge in [0.1, 0.15) is 0 Å². The molecule has 3 N–H and O–H groups in total. The Morgan fingerprint density at radius 2 is 1.14 bits per heavy atom. The van der Waals surface area contributed by atoms with Gasteiger partial charge >= 0.3 is 52.8 Å². The molecule has 0 unspecified atom stereocenters. The van der Waals surface area contributed by atoms with Gasteiger partial charge in [0.15, 0.2) is 0 Å². The molecule has 0 amide bonds. The van der Waals surface area contributed by atoms with E-state index >= 15 is 0 Å². The minimum Gasteiger partial charge on any atom is -1.00 e. The van der Waals surface area contributed by atoms with Gasteiger partial charge in [-0.25, -0.2) is 0 Å². The smallest absolute Gasteiger partial charge is 1.00 e. The van der Waals surface area contributed by atoms with Gasteiger partial charge in [-0.3, -0.25) is 0 Å². The van der Waals surface area contributed by atoms with Crippen molar-refractivity contribution >= 4 is 52.8 Å². The Morgan fingerprint density at radius 1 is 1.14 bits per heavy atom. The zero-order valence-electron chi connectivity index (χ0n) is 5.78. The molecule has 0 aromatic heterocycles. The van der Waals surface area contributed by atoms with Gasteiger partial charge in [0.2, 0.25) is 0 Å². The molecule has 0 aromatic carbocycles. The molecule has 0 atom stereocenters. The summed E-state index contributed by atoms with van der Waals surface area (Å²) in [6.07, 6.45) is 0. The van der Waals surface area contributed by atoms with Gasteiger partial charge in [0.05, 0.1) is 0 Å². The minimum absolute atomic E-state index is 0. The Labute approximate surface area is 136 Å². The summed E-state index contributed by atoms with van der Waals surface area (Å²) in [6, 6.07) is 0. The summed E-state index contributed by atoms with van der Waals surface area (Å²) in [6.45, 7) is 0. The minimum atomic E-state index is -2.17. The van der Waals surface area contributed by atoms with Gasteiger partial charge in [-0.1, -0.05) is 0 Å². The third-order valence-corrected chi connectivity index (χ3v) is 0. The summed E-state index contributed by atoms with van der Waals surface area (Å²) in [7, 11) is -2.17. The van der Waals surface area contributed by atoms with Crippen molar-refractivity contribution in [3.05, 3.63) is 0 Å². The Morgan fingerprint density at radius 3 is 1.14 bits per heavy atom. The quantitative estimate of drug-likeness (QED) is 0.419. The topological polar surface area (TPSA) is 60.7 Å². The molecular weight excluding hydrogens is 374 g/mol. The zero-order valence-corrected chi connectivity index (χ0v) is 13.7. The molecule has 0 rings (SSSR count). The molecule has 2 radical (unpaired) electrons. The largest absolute Gasteiger partial charge is 2.00 e. The maximum Gasteiger partial charge on any atom is 2.00 e. The van der Waals surface area contributed by atoms with Crippen LogP contribution in [-0.2, 0) is 32.7 Å². The van der Waals surface area contributed by atoms with Crippen molar-refractivity contribution in [3.8, 4) is 0 Å². The molecule has 0 aliphatic carbocycles. The van der Waals surface area contributed by atoms with Crippen LogP contribution in [0.1, 0.15) is 2.85 Å². The molecule has 7 heavy (non-hydrogen) atoms. The maximum atomic E-state index is 7.17. The summed E-state index contributed by atoms with van der Waals surface area (Å²) >= 11 is 0. The van der Waals surface area contributed by atoms with Crippen molar-refractivity contribution < 1.29 is 86.2 Å². The third kappa shape index (κ3) is 41.8. The molecule has 0 bridgehead atoms. The second-order valence-electron chi connectivity index (χ2n) is 0.346. The summed E-state index contributed by atoms with van der Waals surface area (Å²) in [5.74, 6) is 0. The second-order valence-corrected chi connectivity index (χ2v) is 0.346. The molecule has 0 aliphatic rings. The molecular formula is H5BLaO3SrY. The number of rotatable bonds is 0. The van der Waals surface area contributed by atoms with Gasteiger partial charge in [-0.2, -0.15) is 0 Å². The molecule has 0 aromatic rings. The van der Waals surface area contributed by atoms with E-state index < -0.39 is 7.32 Å². The molecule has 34 valence electrons. The van der Waals surface area contributed by atoms with Crippen LogP contribution in [0.15, 0.2) is 0 Å². The van der Waals surface area contributed by atoms with E-state index in [0.29, 0.717) is 0 Å². The average molecular weight is 379 g/mol. The normalized spacial score (nSPS) is 3.86. The van der Waals surface area contributed by atoms with Gasteiger partial charge in [-0.15, -0.1) is 0 Å². The monoisotopic (exact) mass is 380 g/mol. The van der Waals surface area contributed by atoms with Crippen LogP contribution >= 0.6 is 0 Å². The van der Waals surface area contributed by atoms with Crippen molar-refractivity contribution in [1.29, 1.82) is 0 Å².